The third kappa shape index (κ3) is 3.21. The maximum Gasteiger partial charge on any atom is 0.408 e. The molecule has 2 nitrogen and oxygen atoms in total. The minimum atomic E-state index is -4.27. The largest absolute Gasteiger partial charge is 0.408 e. The summed E-state index contributed by atoms with van der Waals surface area (Å²) in [6, 6.07) is 10.6. The second kappa shape index (κ2) is 4.67. The van der Waals surface area contributed by atoms with Crippen LogP contribution in [0.5, 0.6) is 0 Å². The van der Waals surface area contributed by atoms with Crippen LogP contribution in [-0.2, 0) is 6.54 Å². The van der Waals surface area contributed by atoms with Crippen molar-refractivity contribution in [2.24, 2.45) is 0 Å². The number of rotatable bonds is 2. The minimum Gasteiger partial charge on any atom is -0.255 e. The molecule has 0 atom stereocenters. The Morgan fingerprint density at radius 2 is 1.82 bits per heavy atom. The molecule has 1 aromatic heterocycles. The molecule has 0 spiro atoms. The van der Waals surface area contributed by atoms with Crippen LogP contribution in [0.4, 0.5) is 13.2 Å². The van der Waals surface area contributed by atoms with Gasteiger partial charge in [0.1, 0.15) is 10.2 Å². The fraction of sp³-hybridized carbons (Fsp3) is 0.182. The van der Waals surface area contributed by atoms with Crippen molar-refractivity contribution >= 4 is 22.6 Å². The van der Waals surface area contributed by atoms with Crippen molar-refractivity contribution in [2.45, 2.75) is 12.7 Å². The molecule has 0 amide bonds. The number of nitrogens with zero attached hydrogens (tertiary/aromatic N) is 2. The van der Waals surface area contributed by atoms with Gasteiger partial charge in [-0.2, -0.15) is 18.3 Å². The van der Waals surface area contributed by atoms with Crippen molar-refractivity contribution in [3.05, 3.63) is 40.1 Å². The molecule has 0 bridgehead atoms. The van der Waals surface area contributed by atoms with Gasteiger partial charge in [-0.3, -0.25) is 4.68 Å². The molecule has 17 heavy (non-hydrogen) atoms. The molecule has 90 valence electrons. The highest BCUT2D eigenvalue weighted by Crippen LogP contribution is 2.25. The average Bonchev–Trinajstić information content (AvgIpc) is 2.58. The summed E-state index contributed by atoms with van der Waals surface area (Å²) in [6.45, 7) is -1.07. The Kier molecular flexibility index (Phi) is 3.41. The highest BCUT2D eigenvalue weighted by atomic mass is 127. The normalized spacial score (nSPS) is 11.8. The van der Waals surface area contributed by atoms with Crippen LogP contribution < -0.4 is 0 Å². The SMILES string of the molecule is FC(F)(F)Cn1nc(I)cc1-c1ccccc1. The van der Waals surface area contributed by atoms with E-state index in [0.717, 1.165) is 10.2 Å². The fourth-order valence-electron chi connectivity index (χ4n) is 1.52. The summed E-state index contributed by atoms with van der Waals surface area (Å²) in [5, 5.41) is 3.86. The average molecular weight is 352 g/mol. The predicted octanol–water partition coefficient (Wildman–Crippen LogP) is 3.72. The van der Waals surface area contributed by atoms with Gasteiger partial charge < -0.3 is 0 Å². The van der Waals surface area contributed by atoms with E-state index in [2.05, 4.69) is 5.10 Å². The third-order valence-corrected chi connectivity index (χ3v) is 2.68. The van der Waals surface area contributed by atoms with Crippen LogP contribution in [0.2, 0.25) is 0 Å². The van der Waals surface area contributed by atoms with Crippen molar-refractivity contribution in [1.29, 1.82) is 0 Å². The summed E-state index contributed by atoms with van der Waals surface area (Å²) in [5.41, 5.74) is 1.21. The maximum atomic E-state index is 12.4. The van der Waals surface area contributed by atoms with Gasteiger partial charge in [0.05, 0.1) is 5.69 Å². The lowest BCUT2D eigenvalue weighted by Crippen LogP contribution is -2.19. The molecule has 1 aromatic carbocycles. The summed E-state index contributed by atoms with van der Waals surface area (Å²) in [7, 11) is 0. The van der Waals surface area contributed by atoms with E-state index in [1.807, 2.05) is 28.7 Å². The number of hydrogen-bond donors (Lipinski definition) is 0. The van der Waals surface area contributed by atoms with Crippen molar-refractivity contribution < 1.29 is 13.2 Å². The molecule has 0 aliphatic rings. The summed E-state index contributed by atoms with van der Waals surface area (Å²) in [6.07, 6.45) is -4.27. The molecule has 2 rings (SSSR count). The Labute approximate surface area is 110 Å². The summed E-state index contributed by atoms with van der Waals surface area (Å²) >= 11 is 1.91. The topological polar surface area (TPSA) is 17.8 Å². The van der Waals surface area contributed by atoms with Gasteiger partial charge in [0, 0.05) is 0 Å². The summed E-state index contributed by atoms with van der Waals surface area (Å²) < 4.78 is 38.7. The van der Waals surface area contributed by atoms with Gasteiger partial charge in [0.15, 0.2) is 0 Å². The lowest BCUT2D eigenvalue weighted by molar-refractivity contribution is -0.142. The second-order valence-electron chi connectivity index (χ2n) is 3.49. The summed E-state index contributed by atoms with van der Waals surface area (Å²) in [4.78, 5) is 0. The first-order valence-electron chi connectivity index (χ1n) is 4.81. The van der Waals surface area contributed by atoms with Crippen LogP contribution in [0.25, 0.3) is 11.3 Å². The van der Waals surface area contributed by atoms with Crippen LogP contribution in [0.3, 0.4) is 0 Å². The highest BCUT2D eigenvalue weighted by molar-refractivity contribution is 14.1. The number of benzene rings is 1. The van der Waals surface area contributed by atoms with E-state index in [9.17, 15) is 13.2 Å². The number of alkyl halides is 3. The molecule has 0 saturated heterocycles. The van der Waals surface area contributed by atoms with Gasteiger partial charge >= 0.3 is 6.18 Å². The second-order valence-corrected chi connectivity index (χ2v) is 4.60. The number of halogens is 4. The zero-order valence-corrected chi connectivity index (χ0v) is 10.7. The Morgan fingerprint density at radius 3 is 2.41 bits per heavy atom. The molecule has 0 radical (unpaired) electrons. The van der Waals surface area contributed by atoms with Crippen molar-refractivity contribution in [2.75, 3.05) is 0 Å². The molecule has 0 fully saturated rings. The Bertz CT molecular complexity index is 505. The van der Waals surface area contributed by atoms with Gasteiger partial charge in [-0.05, 0) is 34.2 Å². The number of hydrogen-bond acceptors (Lipinski definition) is 1. The van der Waals surface area contributed by atoms with Crippen molar-refractivity contribution in [1.82, 2.24) is 9.78 Å². The molecule has 0 unspecified atom stereocenters. The lowest BCUT2D eigenvalue weighted by Gasteiger charge is -2.10. The van der Waals surface area contributed by atoms with Gasteiger partial charge in [0.2, 0.25) is 0 Å². The highest BCUT2D eigenvalue weighted by Gasteiger charge is 2.29. The standard InChI is InChI=1S/C11H8F3IN2/c12-11(13,14)7-17-9(6-10(15)16-17)8-4-2-1-3-5-8/h1-6H,7H2. The molecule has 0 aliphatic carbocycles. The van der Waals surface area contributed by atoms with E-state index in [4.69, 9.17) is 0 Å². The van der Waals surface area contributed by atoms with Gasteiger partial charge in [0.25, 0.3) is 0 Å². The monoisotopic (exact) mass is 352 g/mol. The van der Waals surface area contributed by atoms with Crippen LogP contribution in [0.1, 0.15) is 0 Å². The van der Waals surface area contributed by atoms with Gasteiger partial charge in [-0.25, -0.2) is 0 Å². The van der Waals surface area contributed by atoms with E-state index < -0.39 is 12.7 Å². The first kappa shape index (κ1) is 12.4. The van der Waals surface area contributed by atoms with Gasteiger partial charge in [-0.15, -0.1) is 0 Å². The Hall–Kier alpha value is -1.05. The van der Waals surface area contributed by atoms with E-state index in [-0.39, 0.29) is 0 Å². The molecule has 1 heterocycles. The van der Waals surface area contributed by atoms with Crippen LogP contribution in [0, 0.1) is 3.70 Å². The molecule has 0 saturated carbocycles. The smallest absolute Gasteiger partial charge is 0.255 e. The van der Waals surface area contributed by atoms with Crippen LogP contribution in [0.15, 0.2) is 36.4 Å². The van der Waals surface area contributed by atoms with Gasteiger partial charge in [-0.1, -0.05) is 30.3 Å². The van der Waals surface area contributed by atoms with E-state index in [0.29, 0.717) is 9.39 Å². The first-order chi connectivity index (χ1) is 7.96. The van der Waals surface area contributed by atoms with Crippen LogP contribution >= 0.6 is 22.6 Å². The molecule has 0 aliphatic heterocycles. The molecule has 2 aromatic rings. The zero-order chi connectivity index (χ0) is 12.5. The predicted molar refractivity (Wildman–Crippen MR) is 66.4 cm³/mol. The van der Waals surface area contributed by atoms with E-state index >= 15 is 0 Å². The Morgan fingerprint density at radius 1 is 1.18 bits per heavy atom. The van der Waals surface area contributed by atoms with Crippen molar-refractivity contribution in [3.8, 4) is 11.3 Å². The molecule has 0 N–H and O–H groups in total. The van der Waals surface area contributed by atoms with Crippen LogP contribution in [-0.4, -0.2) is 16.0 Å². The first-order valence-corrected chi connectivity index (χ1v) is 5.89. The minimum absolute atomic E-state index is 0.479. The molecular formula is C11H8F3IN2. The fourth-order valence-corrected chi connectivity index (χ4v) is 2.07. The summed E-state index contributed by atoms with van der Waals surface area (Å²) in [5.74, 6) is 0. The zero-order valence-electron chi connectivity index (χ0n) is 8.58. The quantitative estimate of drug-likeness (QED) is 0.754. The third-order valence-electron chi connectivity index (χ3n) is 2.15. The van der Waals surface area contributed by atoms with Crippen molar-refractivity contribution in [3.63, 3.8) is 0 Å². The Balaban J connectivity index is 2.41. The van der Waals surface area contributed by atoms with E-state index in [1.165, 1.54) is 0 Å². The molecule has 6 heteroatoms. The molecular weight excluding hydrogens is 344 g/mol. The van der Waals surface area contributed by atoms with E-state index in [1.54, 1.807) is 30.3 Å². The lowest BCUT2D eigenvalue weighted by atomic mass is 10.1. The maximum absolute atomic E-state index is 12.4. The number of aromatic nitrogens is 2.